The third-order valence-electron chi connectivity index (χ3n) is 3.58. The van der Waals surface area contributed by atoms with Crippen LogP contribution in [-0.2, 0) is 11.2 Å². The van der Waals surface area contributed by atoms with Gasteiger partial charge in [-0.05, 0) is 25.3 Å². The Labute approximate surface area is 122 Å². The van der Waals surface area contributed by atoms with E-state index in [0.717, 1.165) is 0 Å². The molecule has 114 valence electrons. The Bertz CT molecular complexity index is 533. The maximum absolute atomic E-state index is 11.6. The molecule has 1 amide bonds. The number of carbonyl (C=O) groups is 1. The van der Waals surface area contributed by atoms with Crippen LogP contribution in [0.15, 0.2) is 18.2 Å². The van der Waals surface area contributed by atoms with Crippen molar-refractivity contribution < 1.29 is 14.8 Å². The number of carbonyl (C=O) groups excluding carboxylic acids is 1. The maximum atomic E-state index is 11.6. The minimum absolute atomic E-state index is 0.0312. The van der Waals surface area contributed by atoms with Crippen LogP contribution in [0.1, 0.15) is 18.4 Å². The fourth-order valence-electron chi connectivity index (χ4n) is 2.43. The minimum Gasteiger partial charge on any atom is -0.396 e. The number of aliphatic hydroxyl groups excluding tert-OH is 1. The minimum atomic E-state index is -0.417. The van der Waals surface area contributed by atoms with Crippen molar-refractivity contribution in [1.29, 1.82) is 0 Å². The zero-order valence-corrected chi connectivity index (χ0v) is 11.7. The lowest BCUT2D eigenvalue weighted by Crippen LogP contribution is -2.20. The van der Waals surface area contributed by atoms with Crippen molar-refractivity contribution in [2.45, 2.75) is 19.3 Å². The predicted molar refractivity (Wildman–Crippen MR) is 78.1 cm³/mol. The van der Waals surface area contributed by atoms with Gasteiger partial charge in [0.05, 0.1) is 4.92 Å². The van der Waals surface area contributed by atoms with Crippen molar-refractivity contribution in [3.05, 3.63) is 33.9 Å². The molecule has 3 N–H and O–H groups in total. The van der Waals surface area contributed by atoms with Crippen LogP contribution < -0.4 is 10.6 Å². The van der Waals surface area contributed by atoms with Crippen LogP contribution in [0.4, 0.5) is 11.4 Å². The quantitative estimate of drug-likeness (QED) is 0.396. The number of nitro groups is 1. The number of nitrogens with one attached hydrogen (secondary N) is 2. The number of amides is 1. The average Bonchev–Trinajstić information content (AvgIpc) is 2.86. The van der Waals surface area contributed by atoms with Gasteiger partial charge in [-0.3, -0.25) is 14.9 Å². The highest BCUT2D eigenvalue weighted by molar-refractivity contribution is 5.81. The first kappa shape index (κ1) is 15.2. The maximum Gasteiger partial charge on any atom is 0.274 e. The van der Waals surface area contributed by atoms with Gasteiger partial charge in [0.1, 0.15) is 0 Å². The summed E-state index contributed by atoms with van der Waals surface area (Å²) in [5.41, 5.74) is 1.26. The number of benzene rings is 1. The van der Waals surface area contributed by atoms with Crippen LogP contribution in [0.25, 0.3) is 0 Å². The molecule has 1 aliphatic rings. The van der Waals surface area contributed by atoms with Gasteiger partial charge < -0.3 is 15.7 Å². The Balaban J connectivity index is 2.13. The van der Waals surface area contributed by atoms with Crippen molar-refractivity contribution in [2.24, 2.45) is 5.92 Å². The number of aliphatic hydroxyl groups is 1. The zero-order valence-electron chi connectivity index (χ0n) is 11.7. The van der Waals surface area contributed by atoms with Crippen LogP contribution in [-0.4, -0.2) is 35.6 Å². The highest BCUT2D eigenvalue weighted by atomic mass is 16.6. The number of nitro benzene ring substituents is 1. The second kappa shape index (κ2) is 7.03. The second-order valence-electron chi connectivity index (χ2n) is 5.09. The van der Waals surface area contributed by atoms with E-state index in [4.69, 9.17) is 5.11 Å². The lowest BCUT2D eigenvalue weighted by Gasteiger charge is -2.10. The van der Waals surface area contributed by atoms with Crippen LogP contribution in [0, 0.1) is 16.0 Å². The topological polar surface area (TPSA) is 104 Å². The standard InChI is InChI=1S/C14H19N3O4/c18-7-1-5-15-12-3-2-10(13(9-12)17(20)21)8-11-4-6-16-14(11)19/h2-3,9,11,15,18H,1,4-8H2,(H,16,19). The summed E-state index contributed by atoms with van der Waals surface area (Å²) in [5, 5.41) is 25.7. The summed E-state index contributed by atoms with van der Waals surface area (Å²) >= 11 is 0. The predicted octanol–water partition coefficient (Wildman–Crippen LogP) is 1.07. The van der Waals surface area contributed by atoms with E-state index >= 15 is 0 Å². The number of hydrogen-bond donors (Lipinski definition) is 3. The van der Waals surface area contributed by atoms with E-state index in [-0.39, 0.29) is 24.1 Å². The van der Waals surface area contributed by atoms with E-state index < -0.39 is 4.92 Å². The van der Waals surface area contributed by atoms with Gasteiger partial charge in [0, 0.05) is 42.9 Å². The summed E-state index contributed by atoms with van der Waals surface area (Å²) in [7, 11) is 0. The second-order valence-corrected chi connectivity index (χ2v) is 5.09. The molecule has 1 atom stereocenters. The van der Waals surface area contributed by atoms with Gasteiger partial charge >= 0.3 is 0 Å². The molecule has 0 spiro atoms. The third kappa shape index (κ3) is 3.91. The summed E-state index contributed by atoms with van der Waals surface area (Å²) in [6.07, 6.45) is 1.68. The van der Waals surface area contributed by atoms with E-state index in [1.807, 2.05) is 0 Å². The molecule has 1 unspecified atom stereocenters. The van der Waals surface area contributed by atoms with Gasteiger partial charge in [0.2, 0.25) is 5.91 Å². The molecule has 1 aliphatic heterocycles. The molecule has 1 aromatic rings. The first-order valence-corrected chi connectivity index (χ1v) is 7.01. The molecule has 1 fully saturated rings. The van der Waals surface area contributed by atoms with Crippen molar-refractivity contribution in [3.63, 3.8) is 0 Å². The van der Waals surface area contributed by atoms with Crippen molar-refractivity contribution in [1.82, 2.24) is 5.32 Å². The largest absolute Gasteiger partial charge is 0.396 e. The molecule has 7 nitrogen and oxygen atoms in total. The average molecular weight is 293 g/mol. The van der Waals surface area contributed by atoms with Crippen LogP contribution in [0.5, 0.6) is 0 Å². The normalized spacial score (nSPS) is 17.6. The third-order valence-corrected chi connectivity index (χ3v) is 3.58. The molecule has 0 bridgehead atoms. The number of nitrogens with zero attached hydrogens (tertiary/aromatic N) is 1. The van der Waals surface area contributed by atoms with E-state index in [0.29, 0.717) is 43.6 Å². The summed E-state index contributed by atoms with van der Waals surface area (Å²) in [5.74, 6) is -0.216. The molecule has 1 saturated heterocycles. The van der Waals surface area contributed by atoms with Gasteiger partial charge in [-0.1, -0.05) is 6.07 Å². The number of rotatable bonds is 7. The fourth-order valence-corrected chi connectivity index (χ4v) is 2.43. The molecule has 0 saturated carbocycles. The Hall–Kier alpha value is -2.15. The first-order valence-electron chi connectivity index (χ1n) is 7.01. The highest BCUT2D eigenvalue weighted by Crippen LogP contribution is 2.27. The lowest BCUT2D eigenvalue weighted by atomic mass is 9.96. The number of hydrogen-bond acceptors (Lipinski definition) is 5. The Kier molecular flexibility index (Phi) is 5.10. The van der Waals surface area contributed by atoms with Crippen molar-refractivity contribution >= 4 is 17.3 Å². The van der Waals surface area contributed by atoms with Crippen molar-refractivity contribution in [3.8, 4) is 0 Å². The summed E-state index contributed by atoms with van der Waals surface area (Å²) in [4.78, 5) is 22.4. The molecular weight excluding hydrogens is 274 g/mol. The monoisotopic (exact) mass is 293 g/mol. The Morgan fingerprint density at radius 2 is 2.29 bits per heavy atom. The molecule has 1 heterocycles. The zero-order chi connectivity index (χ0) is 15.2. The summed E-state index contributed by atoms with van der Waals surface area (Å²) < 4.78 is 0. The van der Waals surface area contributed by atoms with Gasteiger partial charge in [-0.25, -0.2) is 0 Å². The summed E-state index contributed by atoms with van der Waals surface area (Å²) in [6, 6.07) is 4.96. The molecule has 1 aromatic carbocycles. The highest BCUT2D eigenvalue weighted by Gasteiger charge is 2.27. The molecule has 0 aliphatic carbocycles. The van der Waals surface area contributed by atoms with Gasteiger partial charge in [-0.2, -0.15) is 0 Å². The van der Waals surface area contributed by atoms with E-state index in [1.54, 1.807) is 12.1 Å². The molecule has 7 heteroatoms. The molecule has 21 heavy (non-hydrogen) atoms. The van der Waals surface area contributed by atoms with E-state index in [2.05, 4.69) is 10.6 Å². The Morgan fingerprint density at radius 1 is 1.48 bits per heavy atom. The van der Waals surface area contributed by atoms with Gasteiger partial charge in [-0.15, -0.1) is 0 Å². The Morgan fingerprint density at radius 3 is 2.90 bits per heavy atom. The molecule has 2 rings (SSSR count). The smallest absolute Gasteiger partial charge is 0.274 e. The first-order chi connectivity index (χ1) is 10.1. The molecule has 0 aromatic heterocycles. The van der Waals surface area contributed by atoms with Gasteiger partial charge in [0.15, 0.2) is 0 Å². The van der Waals surface area contributed by atoms with Crippen LogP contribution in [0.2, 0.25) is 0 Å². The molecule has 0 radical (unpaired) electrons. The fraction of sp³-hybridized carbons (Fsp3) is 0.500. The van der Waals surface area contributed by atoms with E-state index in [9.17, 15) is 14.9 Å². The van der Waals surface area contributed by atoms with Gasteiger partial charge in [0.25, 0.3) is 5.69 Å². The number of anilines is 1. The molecular formula is C14H19N3O4. The SMILES string of the molecule is O=C1NCCC1Cc1ccc(NCCCO)cc1[N+](=O)[O-]. The van der Waals surface area contributed by atoms with Crippen LogP contribution in [0.3, 0.4) is 0 Å². The van der Waals surface area contributed by atoms with Crippen LogP contribution >= 0.6 is 0 Å². The van der Waals surface area contributed by atoms with E-state index in [1.165, 1.54) is 6.07 Å². The van der Waals surface area contributed by atoms with Crippen molar-refractivity contribution in [2.75, 3.05) is 25.0 Å². The lowest BCUT2D eigenvalue weighted by molar-refractivity contribution is -0.385. The summed E-state index contributed by atoms with van der Waals surface area (Å²) in [6.45, 7) is 1.26.